The number of anilines is 1. The minimum absolute atomic E-state index is 0.200. The minimum atomic E-state index is -3.25. The molecule has 1 aliphatic heterocycles. The standard InChI is InChI=1S/C8H7F2NO/c1-5-2-3-7-6(4-5)11-8(9,10)12-7/h2-4,11H,1H3. The highest BCUT2D eigenvalue weighted by Crippen LogP contribution is 2.38. The van der Waals surface area contributed by atoms with Crippen molar-refractivity contribution in [3.63, 3.8) is 0 Å². The molecule has 0 bridgehead atoms. The maximum atomic E-state index is 12.5. The van der Waals surface area contributed by atoms with Gasteiger partial charge in [-0.2, -0.15) is 0 Å². The van der Waals surface area contributed by atoms with Gasteiger partial charge in [0.05, 0.1) is 5.69 Å². The number of rotatable bonds is 0. The first-order chi connectivity index (χ1) is 5.57. The molecule has 0 unspecified atom stereocenters. The maximum Gasteiger partial charge on any atom is 0.494 e. The number of hydrogen-bond acceptors (Lipinski definition) is 2. The highest BCUT2D eigenvalue weighted by atomic mass is 19.3. The highest BCUT2D eigenvalue weighted by molar-refractivity contribution is 5.61. The summed E-state index contributed by atoms with van der Waals surface area (Å²) in [6.07, 6.45) is -3.25. The van der Waals surface area contributed by atoms with Crippen molar-refractivity contribution in [1.29, 1.82) is 0 Å². The Hall–Kier alpha value is -1.32. The monoisotopic (exact) mass is 171 g/mol. The lowest BCUT2D eigenvalue weighted by molar-refractivity contribution is -0.138. The van der Waals surface area contributed by atoms with Crippen LogP contribution in [0.2, 0.25) is 0 Å². The number of nitrogens with one attached hydrogen (secondary N) is 1. The summed E-state index contributed by atoms with van der Waals surface area (Å²) in [5.74, 6) is 0.200. The molecule has 1 aliphatic rings. The summed E-state index contributed by atoms with van der Waals surface area (Å²) in [7, 11) is 0. The number of fused-ring (bicyclic) bond motifs is 1. The second-order valence-corrected chi connectivity index (χ2v) is 2.74. The van der Waals surface area contributed by atoms with Gasteiger partial charge in [0.1, 0.15) is 0 Å². The van der Waals surface area contributed by atoms with Crippen LogP contribution < -0.4 is 10.1 Å². The molecular weight excluding hydrogens is 164 g/mol. The Bertz CT molecular complexity index is 325. The number of hydrogen-bond donors (Lipinski definition) is 1. The Kier molecular flexibility index (Phi) is 1.28. The Morgan fingerprint density at radius 1 is 1.42 bits per heavy atom. The maximum absolute atomic E-state index is 12.5. The van der Waals surface area contributed by atoms with Gasteiger partial charge in [-0.05, 0) is 24.6 Å². The smallest absolute Gasteiger partial charge is 0.413 e. The van der Waals surface area contributed by atoms with Gasteiger partial charge < -0.3 is 4.74 Å². The summed E-state index contributed by atoms with van der Waals surface area (Å²) in [4.78, 5) is 0. The molecule has 0 fully saturated rings. The van der Waals surface area contributed by atoms with Crippen LogP contribution >= 0.6 is 0 Å². The first-order valence-corrected chi connectivity index (χ1v) is 3.52. The highest BCUT2D eigenvalue weighted by Gasteiger charge is 2.39. The van der Waals surface area contributed by atoms with Gasteiger partial charge >= 0.3 is 6.23 Å². The molecule has 12 heavy (non-hydrogen) atoms. The van der Waals surface area contributed by atoms with E-state index in [-0.39, 0.29) is 5.75 Å². The van der Waals surface area contributed by atoms with E-state index in [0.29, 0.717) is 5.69 Å². The summed E-state index contributed by atoms with van der Waals surface area (Å²) in [6.45, 7) is 1.83. The van der Waals surface area contributed by atoms with Crippen LogP contribution in [0.5, 0.6) is 5.75 Å². The summed E-state index contributed by atoms with van der Waals surface area (Å²) in [5.41, 5.74) is 1.27. The Balaban J connectivity index is 2.43. The molecule has 0 amide bonds. The number of aryl methyl sites for hydroxylation is 1. The molecule has 0 atom stereocenters. The third kappa shape index (κ3) is 1.09. The van der Waals surface area contributed by atoms with Crippen LogP contribution in [-0.2, 0) is 0 Å². The summed E-state index contributed by atoms with van der Waals surface area (Å²) in [5, 5.41) is 1.96. The fourth-order valence-electron chi connectivity index (χ4n) is 1.15. The van der Waals surface area contributed by atoms with E-state index < -0.39 is 6.23 Å². The molecule has 0 saturated carbocycles. The van der Waals surface area contributed by atoms with E-state index in [2.05, 4.69) is 4.74 Å². The normalized spacial score (nSPS) is 17.9. The van der Waals surface area contributed by atoms with Crippen LogP contribution in [0, 0.1) is 6.92 Å². The van der Waals surface area contributed by atoms with Crippen molar-refractivity contribution in [2.45, 2.75) is 13.2 Å². The Morgan fingerprint density at radius 2 is 2.17 bits per heavy atom. The quantitative estimate of drug-likeness (QED) is 0.605. The fraction of sp³-hybridized carbons (Fsp3) is 0.250. The van der Waals surface area contributed by atoms with Crippen LogP contribution in [0.1, 0.15) is 5.56 Å². The molecule has 0 saturated heterocycles. The van der Waals surface area contributed by atoms with Crippen LogP contribution in [0.4, 0.5) is 14.5 Å². The Morgan fingerprint density at radius 3 is 2.92 bits per heavy atom. The van der Waals surface area contributed by atoms with E-state index in [9.17, 15) is 8.78 Å². The molecule has 1 heterocycles. The van der Waals surface area contributed by atoms with E-state index in [4.69, 9.17) is 0 Å². The minimum Gasteiger partial charge on any atom is -0.413 e. The van der Waals surface area contributed by atoms with Crippen molar-refractivity contribution in [3.8, 4) is 5.75 Å². The third-order valence-electron chi connectivity index (χ3n) is 1.65. The van der Waals surface area contributed by atoms with Crippen LogP contribution in [0.25, 0.3) is 0 Å². The number of ether oxygens (including phenoxy) is 1. The van der Waals surface area contributed by atoms with Gasteiger partial charge in [0.2, 0.25) is 0 Å². The molecule has 2 nitrogen and oxygen atoms in total. The van der Waals surface area contributed by atoms with E-state index in [1.165, 1.54) is 6.07 Å². The SMILES string of the molecule is Cc1ccc2c(c1)NC(F)(F)O2. The van der Waals surface area contributed by atoms with E-state index in [1.807, 2.05) is 12.2 Å². The Labute approximate surface area is 68.1 Å². The molecule has 0 aromatic heterocycles. The lowest BCUT2D eigenvalue weighted by Crippen LogP contribution is -2.28. The van der Waals surface area contributed by atoms with Crippen LogP contribution in [0.3, 0.4) is 0 Å². The summed E-state index contributed by atoms with van der Waals surface area (Å²) in [6, 6.07) is 4.87. The lowest BCUT2D eigenvalue weighted by atomic mass is 10.2. The van der Waals surface area contributed by atoms with Gasteiger partial charge in [-0.3, -0.25) is 5.32 Å². The predicted octanol–water partition coefficient (Wildman–Crippen LogP) is 2.35. The molecule has 1 aromatic carbocycles. The van der Waals surface area contributed by atoms with Crippen molar-refractivity contribution in [1.82, 2.24) is 0 Å². The third-order valence-corrected chi connectivity index (χ3v) is 1.65. The number of alkyl halides is 2. The van der Waals surface area contributed by atoms with Gasteiger partial charge in [-0.25, -0.2) is 0 Å². The topological polar surface area (TPSA) is 21.3 Å². The van der Waals surface area contributed by atoms with Crippen molar-refractivity contribution in [2.75, 3.05) is 5.32 Å². The molecule has 1 N–H and O–H groups in total. The van der Waals surface area contributed by atoms with Gasteiger partial charge in [0.25, 0.3) is 0 Å². The molecule has 1 aromatic rings. The molecule has 64 valence electrons. The number of benzene rings is 1. The van der Waals surface area contributed by atoms with Crippen molar-refractivity contribution < 1.29 is 13.5 Å². The molecule has 2 rings (SSSR count). The van der Waals surface area contributed by atoms with Crippen molar-refractivity contribution in [2.24, 2.45) is 0 Å². The molecule has 0 radical (unpaired) electrons. The number of halogens is 2. The average Bonchev–Trinajstić information content (AvgIpc) is 2.21. The molecule has 0 spiro atoms. The summed E-state index contributed by atoms with van der Waals surface area (Å²) < 4.78 is 29.4. The second-order valence-electron chi connectivity index (χ2n) is 2.74. The second kappa shape index (κ2) is 2.09. The average molecular weight is 171 g/mol. The predicted molar refractivity (Wildman–Crippen MR) is 40.4 cm³/mol. The first-order valence-electron chi connectivity index (χ1n) is 3.52. The largest absolute Gasteiger partial charge is 0.494 e. The first kappa shape index (κ1) is 7.34. The zero-order chi connectivity index (χ0) is 8.77. The van der Waals surface area contributed by atoms with E-state index >= 15 is 0 Å². The van der Waals surface area contributed by atoms with Gasteiger partial charge in [0.15, 0.2) is 5.75 Å². The molecular formula is C8H7F2NO. The zero-order valence-corrected chi connectivity index (χ0v) is 6.40. The van der Waals surface area contributed by atoms with Gasteiger partial charge in [0, 0.05) is 0 Å². The van der Waals surface area contributed by atoms with Crippen LogP contribution in [0.15, 0.2) is 18.2 Å². The summed E-state index contributed by atoms with van der Waals surface area (Å²) >= 11 is 0. The zero-order valence-electron chi connectivity index (χ0n) is 6.40. The lowest BCUT2D eigenvalue weighted by Gasteiger charge is -2.06. The molecule has 0 aliphatic carbocycles. The van der Waals surface area contributed by atoms with Crippen LogP contribution in [-0.4, -0.2) is 6.23 Å². The van der Waals surface area contributed by atoms with Crippen molar-refractivity contribution in [3.05, 3.63) is 23.8 Å². The van der Waals surface area contributed by atoms with Gasteiger partial charge in [-0.1, -0.05) is 6.07 Å². The van der Waals surface area contributed by atoms with Gasteiger partial charge in [-0.15, -0.1) is 8.78 Å². The van der Waals surface area contributed by atoms with E-state index in [0.717, 1.165) is 5.56 Å². The van der Waals surface area contributed by atoms with E-state index in [1.54, 1.807) is 12.1 Å². The fourth-order valence-corrected chi connectivity index (χ4v) is 1.15. The molecule has 4 heteroatoms. The van der Waals surface area contributed by atoms with Crippen molar-refractivity contribution >= 4 is 5.69 Å².